The zero-order valence-corrected chi connectivity index (χ0v) is 22.0. The molecule has 2 N–H and O–H groups in total. The summed E-state index contributed by atoms with van der Waals surface area (Å²) in [6, 6.07) is 11.7. The highest BCUT2D eigenvalue weighted by molar-refractivity contribution is 14.1. The van der Waals surface area contributed by atoms with E-state index >= 15 is 0 Å². The summed E-state index contributed by atoms with van der Waals surface area (Å²) in [7, 11) is 1.28. The van der Waals surface area contributed by atoms with Gasteiger partial charge in [0.15, 0.2) is 0 Å². The second-order valence-electron chi connectivity index (χ2n) is 8.90. The Morgan fingerprint density at radius 2 is 2.00 bits per heavy atom. The number of amides is 2. The van der Waals surface area contributed by atoms with E-state index in [9.17, 15) is 14.0 Å². The van der Waals surface area contributed by atoms with Crippen LogP contribution < -0.4 is 5.32 Å². The van der Waals surface area contributed by atoms with Gasteiger partial charge >= 0.3 is 6.09 Å². The minimum absolute atomic E-state index is 0.0985. The van der Waals surface area contributed by atoms with Crippen LogP contribution in [0.15, 0.2) is 48.7 Å². The first kappa shape index (κ1) is 25.2. The molecule has 1 saturated heterocycles. The van der Waals surface area contributed by atoms with Crippen LogP contribution in [0.4, 0.5) is 9.18 Å². The van der Waals surface area contributed by atoms with Gasteiger partial charge in [-0.2, -0.15) is 0 Å². The molecule has 0 unspecified atom stereocenters. The third-order valence-electron chi connectivity index (χ3n) is 6.28. The zero-order chi connectivity index (χ0) is 25.1. The van der Waals surface area contributed by atoms with Crippen LogP contribution in [0.2, 0.25) is 0 Å². The molecule has 2 atom stereocenters. The fourth-order valence-corrected chi connectivity index (χ4v) is 5.05. The Morgan fingerprint density at radius 1 is 1.23 bits per heavy atom. The molecule has 1 aliphatic rings. The summed E-state index contributed by atoms with van der Waals surface area (Å²) in [5.74, 6) is 0.172. The van der Waals surface area contributed by atoms with Crippen molar-refractivity contribution in [2.24, 2.45) is 5.92 Å². The molecule has 184 valence electrons. The van der Waals surface area contributed by atoms with Crippen molar-refractivity contribution < 1.29 is 18.7 Å². The maximum atomic E-state index is 14.4. The van der Waals surface area contributed by atoms with Gasteiger partial charge in [0, 0.05) is 21.2 Å². The summed E-state index contributed by atoms with van der Waals surface area (Å²) in [6.45, 7) is 4.36. The van der Waals surface area contributed by atoms with Gasteiger partial charge < -0.3 is 19.9 Å². The van der Waals surface area contributed by atoms with E-state index in [-0.39, 0.29) is 23.7 Å². The first-order chi connectivity index (χ1) is 16.8. The molecule has 2 aromatic carbocycles. The normalized spacial score (nSPS) is 16.4. The van der Waals surface area contributed by atoms with E-state index in [0.717, 1.165) is 33.2 Å². The Kier molecular flexibility index (Phi) is 7.73. The van der Waals surface area contributed by atoms with Gasteiger partial charge in [-0.3, -0.25) is 4.79 Å². The number of carbonyl (C=O) groups excluding carboxylic acids is 2. The molecule has 4 rings (SSSR count). The molecule has 0 aliphatic carbocycles. The molecule has 0 bridgehead atoms. The lowest BCUT2D eigenvalue weighted by atomic mass is 10.0. The quantitative estimate of drug-likeness (QED) is 0.370. The van der Waals surface area contributed by atoms with Gasteiger partial charge in [-0.25, -0.2) is 14.2 Å². The highest BCUT2D eigenvalue weighted by atomic mass is 127. The number of methoxy groups -OCH3 is 1. The van der Waals surface area contributed by atoms with Crippen LogP contribution in [0.1, 0.15) is 38.6 Å². The number of aromatic nitrogens is 2. The predicted molar refractivity (Wildman–Crippen MR) is 140 cm³/mol. The number of H-pyrrole nitrogens is 1. The maximum absolute atomic E-state index is 14.4. The number of hydrogen-bond donors (Lipinski definition) is 2. The molecule has 9 heteroatoms. The molecule has 1 fully saturated rings. The van der Waals surface area contributed by atoms with Gasteiger partial charge in [0.2, 0.25) is 5.91 Å². The molecule has 0 radical (unpaired) electrons. The summed E-state index contributed by atoms with van der Waals surface area (Å²) in [6.07, 6.45) is 2.74. The van der Waals surface area contributed by atoms with Crippen LogP contribution in [0.5, 0.6) is 0 Å². The number of nitrogens with one attached hydrogen (secondary N) is 2. The number of carbonyl (C=O) groups is 2. The third kappa shape index (κ3) is 5.34. The smallest absolute Gasteiger partial charge is 0.407 e. The van der Waals surface area contributed by atoms with E-state index in [2.05, 4.69) is 37.9 Å². The second-order valence-corrected chi connectivity index (χ2v) is 10.1. The molecular formula is C26H28FIN4O3. The number of nitrogens with zero attached hydrogens (tertiary/aromatic N) is 2. The van der Waals surface area contributed by atoms with Crippen LogP contribution in [-0.2, 0) is 9.53 Å². The molecule has 2 heterocycles. The van der Waals surface area contributed by atoms with E-state index in [1.54, 1.807) is 23.2 Å². The number of imidazole rings is 1. The van der Waals surface area contributed by atoms with Crippen LogP contribution >= 0.6 is 22.6 Å². The number of likely N-dealkylation sites (tertiary alicyclic amines) is 1. The Bertz CT molecular complexity index is 1230. The lowest BCUT2D eigenvalue weighted by molar-refractivity contribution is -0.135. The molecule has 7 nitrogen and oxygen atoms in total. The average molecular weight is 590 g/mol. The van der Waals surface area contributed by atoms with Crippen LogP contribution in [0.3, 0.4) is 0 Å². The predicted octanol–water partition coefficient (Wildman–Crippen LogP) is 5.53. The van der Waals surface area contributed by atoms with Crippen molar-refractivity contribution >= 4 is 34.6 Å². The minimum atomic E-state index is -0.683. The number of halogens is 2. The van der Waals surface area contributed by atoms with Gasteiger partial charge in [0.05, 0.1) is 25.0 Å². The van der Waals surface area contributed by atoms with Crippen molar-refractivity contribution in [2.75, 3.05) is 13.7 Å². The van der Waals surface area contributed by atoms with Crippen LogP contribution in [0.25, 0.3) is 22.4 Å². The maximum Gasteiger partial charge on any atom is 0.407 e. The fraction of sp³-hybridized carbons (Fsp3) is 0.346. The van der Waals surface area contributed by atoms with E-state index in [1.807, 2.05) is 38.1 Å². The summed E-state index contributed by atoms with van der Waals surface area (Å²) < 4.78 is 20.1. The van der Waals surface area contributed by atoms with Crippen molar-refractivity contribution in [3.8, 4) is 22.4 Å². The molecular weight excluding hydrogens is 562 g/mol. The molecule has 0 spiro atoms. The summed E-state index contributed by atoms with van der Waals surface area (Å²) >= 11 is 2.21. The Hall–Kier alpha value is -2.95. The number of benzene rings is 2. The van der Waals surface area contributed by atoms with Gasteiger partial charge in [-0.05, 0) is 65.1 Å². The number of aromatic amines is 1. The van der Waals surface area contributed by atoms with E-state index < -0.39 is 12.1 Å². The van der Waals surface area contributed by atoms with Crippen molar-refractivity contribution in [1.82, 2.24) is 20.2 Å². The van der Waals surface area contributed by atoms with Crippen LogP contribution in [0, 0.1) is 15.3 Å². The van der Waals surface area contributed by atoms with Gasteiger partial charge in [0.1, 0.15) is 17.7 Å². The topological polar surface area (TPSA) is 87.3 Å². The van der Waals surface area contributed by atoms with E-state index in [4.69, 9.17) is 4.74 Å². The largest absolute Gasteiger partial charge is 0.453 e. The minimum Gasteiger partial charge on any atom is -0.453 e. The van der Waals surface area contributed by atoms with Crippen molar-refractivity contribution in [3.05, 3.63) is 63.9 Å². The summed E-state index contributed by atoms with van der Waals surface area (Å²) in [5.41, 5.74) is 3.03. The monoisotopic (exact) mass is 590 g/mol. The Labute approximate surface area is 217 Å². The first-order valence-corrected chi connectivity index (χ1v) is 12.6. The third-order valence-corrected chi connectivity index (χ3v) is 7.22. The lowest BCUT2D eigenvalue weighted by Crippen LogP contribution is -2.51. The van der Waals surface area contributed by atoms with Crippen molar-refractivity contribution in [1.29, 1.82) is 0 Å². The average Bonchev–Trinajstić information content (AvgIpc) is 3.52. The number of hydrogen-bond acceptors (Lipinski definition) is 4. The highest BCUT2D eigenvalue weighted by Crippen LogP contribution is 2.35. The zero-order valence-electron chi connectivity index (χ0n) is 19.8. The summed E-state index contributed by atoms with van der Waals surface area (Å²) in [4.78, 5) is 34.9. The lowest BCUT2D eigenvalue weighted by Gasteiger charge is -2.30. The van der Waals surface area contributed by atoms with Gasteiger partial charge in [-0.1, -0.05) is 38.1 Å². The highest BCUT2D eigenvalue weighted by Gasteiger charge is 2.37. The fourth-order valence-electron chi connectivity index (χ4n) is 4.42. The molecule has 1 aromatic heterocycles. The van der Waals surface area contributed by atoms with Crippen molar-refractivity contribution in [3.63, 3.8) is 0 Å². The molecule has 2 amide bonds. The van der Waals surface area contributed by atoms with Gasteiger partial charge in [-0.15, -0.1) is 0 Å². The summed E-state index contributed by atoms with van der Waals surface area (Å²) in [5, 5.41) is 2.66. The van der Waals surface area contributed by atoms with Gasteiger partial charge in [0.25, 0.3) is 0 Å². The van der Waals surface area contributed by atoms with Crippen LogP contribution in [-0.4, -0.2) is 46.6 Å². The second kappa shape index (κ2) is 10.8. The SMILES string of the molecule is COC(=O)N[C@H](C(=O)N1CCC[C@H]1c1ncc(-c2ccc(I)c(-c3ccccc3F)c2)[nH]1)C(C)C. The Morgan fingerprint density at radius 3 is 2.71 bits per heavy atom. The molecule has 3 aromatic rings. The number of rotatable bonds is 6. The Balaban J connectivity index is 1.60. The van der Waals surface area contributed by atoms with E-state index in [1.165, 1.54) is 13.2 Å². The molecule has 1 aliphatic heterocycles. The molecule has 35 heavy (non-hydrogen) atoms. The number of ether oxygens (including phenoxy) is 1. The first-order valence-electron chi connectivity index (χ1n) is 11.5. The standard InChI is InChI=1S/C26H28FIN4O3/c1-15(2)23(31-26(34)35-3)25(33)32-12-6-9-22(32)24-29-14-21(30-24)16-10-11-20(28)18(13-16)17-7-4-5-8-19(17)27/h4-5,7-8,10-11,13-15,22-23H,6,9,12H2,1-3H3,(H,29,30)(H,31,34)/t22-,23-/m0/s1. The molecule has 0 saturated carbocycles. The van der Waals surface area contributed by atoms with E-state index in [0.29, 0.717) is 17.9 Å². The number of alkyl carbamates (subject to hydrolysis) is 1. The van der Waals surface area contributed by atoms with Crippen molar-refractivity contribution in [2.45, 2.75) is 38.8 Å².